The average Bonchev–Trinajstić information content (AvgIpc) is 1.61. The summed E-state index contributed by atoms with van der Waals surface area (Å²) in [6, 6.07) is 0. The van der Waals surface area contributed by atoms with Gasteiger partial charge >= 0.3 is 18.9 Å². The molecule has 46 valence electrons. The van der Waals surface area contributed by atoms with Gasteiger partial charge in [-0.2, -0.15) is 0 Å². The van der Waals surface area contributed by atoms with E-state index in [4.69, 9.17) is 0 Å². The molecule has 0 aliphatic heterocycles. The molecule has 0 aromatic heterocycles. The summed E-state index contributed by atoms with van der Waals surface area (Å²) < 4.78 is 0. The van der Waals surface area contributed by atoms with Crippen LogP contribution in [-0.2, 0) is 0 Å². The molecular weight excluding hydrogens is 95.0 g/mol. The Balaban J connectivity index is 0. The normalized spacial score (nSPS) is 9.00. The molecule has 0 aromatic carbocycles. The van der Waals surface area contributed by atoms with Crippen LogP contribution in [-0.4, -0.2) is 58.0 Å². The molecule has 1 N–H and O–H groups in total. The van der Waals surface area contributed by atoms with Crippen molar-refractivity contribution in [1.82, 2.24) is 10.2 Å². The zero-order valence-corrected chi connectivity index (χ0v) is 5.36. The van der Waals surface area contributed by atoms with Gasteiger partial charge in [-0.1, -0.05) is 0 Å². The molecule has 2 nitrogen and oxygen atoms in total. The van der Waals surface area contributed by atoms with E-state index < -0.39 is 0 Å². The third kappa shape index (κ3) is 9.72. The van der Waals surface area contributed by atoms with Crippen molar-refractivity contribution in [2.24, 2.45) is 0 Å². The Hall–Kier alpha value is 0.517. The van der Waals surface area contributed by atoms with Gasteiger partial charge in [0.05, 0.1) is 0 Å². The van der Waals surface area contributed by atoms with Crippen LogP contribution in [0.2, 0.25) is 0 Å². The molecule has 0 aliphatic carbocycles. The van der Waals surface area contributed by atoms with E-state index in [9.17, 15) is 0 Å². The summed E-state index contributed by atoms with van der Waals surface area (Å²) in [5, 5.41) is 3.06. The standard InChI is InChI=1S/C5H14N2.Li.H/c1-6-4-5-7(2)3;;/h6H,4-5H2,1-3H3;;. The number of rotatable bonds is 3. The van der Waals surface area contributed by atoms with Crippen LogP contribution in [0.3, 0.4) is 0 Å². The van der Waals surface area contributed by atoms with Gasteiger partial charge in [-0.25, -0.2) is 0 Å². The molecule has 0 bridgehead atoms. The first kappa shape index (κ1) is 11.3. The molecule has 0 atom stereocenters. The molecule has 3 heteroatoms. The second-order valence-electron chi connectivity index (χ2n) is 1.91. The summed E-state index contributed by atoms with van der Waals surface area (Å²) in [5.74, 6) is 0. The molecule has 0 aromatic rings. The molecule has 0 radical (unpaired) electrons. The summed E-state index contributed by atoms with van der Waals surface area (Å²) in [6.07, 6.45) is 0. The van der Waals surface area contributed by atoms with Crippen molar-refractivity contribution in [3.05, 3.63) is 0 Å². The summed E-state index contributed by atoms with van der Waals surface area (Å²) >= 11 is 0. The van der Waals surface area contributed by atoms with E-state index in [0.29, 0.717) is 0 Å². The van der Waals surface area contributed by atoms with Crippen molar-refractivity contribution in [3.8, 4) is 0 Å². The second kappa shape index (κ2) is 7.52. The van der Waals surface area contributed by atoms with Crippen LogP contribution in [0.1, 0.15) is 0 Å². The maximum absolute atomic E-state index is 3.06. The van der Waals surface area contributed by atoms with Crippen LogP contribution in [0.4, 0.5) is 0 Å². The number of hydrogen-bond acceptors (Lipinski definition) is 2. The van der Waals surface area contributed by atoms with Gasteiger partial charge in [-0.3, -0.25) is 0 Å². The molecule has 8 heavy (non-hydrogen) atoms. The molecular formula is C5H15LiN2. The molecule has 0 amide bonds. The molecule has 0 saturated heterocycles. The molecule has 0 aliphatic rings. The minimum absolute atomic E-state index is 0. The Morgan fingerprint density at radius 3 is 2.00 bits per heavy atom. The second-order valence-corrected chi connectivity index (χ2v) is 1.91. The Bertz CT molecular complexity index is 39.4. The molecule has 0 saturated carbocycles. The van der Waals surface area contributed by atoms with Crippen LogP contribution in [0.25, 0.3) is 0 Å². The molecule has 0 spiro atoms. The molecule has 0 fully saturated rings. The van der Waals surface area contributed by atoms with E-state index in [0.717, 1.165) is 13.1 Å². The van der Waals surface area contributed by atoms with E-state index in [1.54, 1.807) is 0 Å². The van der Waals surface area contributed by atoms with Crippen LogP contribution < -0.4 is 5.32 Å². The number of nitrogens with one attached hydrogen (secondary N) is 1. The molecule has 0 rings (SSSR count). The zero-order valence-electron chi connectivity index (χ0n) is 5.36. The SMILES string of the molecule is CNCCN(C)C.[LiH]. The third-order valence-corrected chi connectivity index (χ3v) is 0.809. The Morgan fingerprint density at radius 1 is 1.38 bits per heavy atom. The summed E-state index contributed by atoms with van der Waals surface area (Å²) in [7, 11) is 6.10. The van der Waals surface area contributed by atoms with E-state index in [1.165, 1.54) is 0 Å². The fraction of sp³-hybridized carbons (Fsp3) is 1.00. The van der Waals surface area contributed by atoms with Crippen molar-refractivity contribution in [1.29, 1.82) is 0 Å². The van der Waals surface area contributed by atoms with Crippen molar-refractivity contribution < 1.29 is 0 Å². The van der Waals surface area contributed by atoms with Crippen molar-refractivity contribution in [2.45, 2.75) is 0 Å². The van der Waals surface area contributed by atoms with E-state index >= 15 is 0 Å². The third-order valence-electron chi connectivity index (χ3n) is 0.809. The fourth-order valence-corrected chi connectivity index (χ4v) is 0.335. The number of likely N-dealkylation sites (N-methyl/N-ethyl adjacent to an activating group) is 2. The van der Waals surface area contributed by atoms with Gasteiger partial charge in [0.1, 0.15) is 0 Å². The van der Waals surface area contributed by atoms with Gasteiger partial charge in [-0.15, -0.1) is 0 Å². The van der Waals surface area contributed by atoms with Gasteiger partial charge in [0.15, 0.2) is 0 Å². The van der Waals surface area contributed by atoms with E-state index in [-0.39, 0.29) is 18.9 Å². The monoisotopic (exact) mass is 110 g/mol. The summed E-state index contributed by atoms with van der Waals surface area (Å²) in [4.78, 5) is 2.15. The van der Waals surface area contributed by atoms with E-state index in [2.05, 4.69) is 24.3 Å². The minimum atomic E-state index is 0. The predicted molar refractivity (Wildman–Crippen MR) is 39.6 cm³/mol. The summed E-state index contributed by atoms with van der Waals surface area (Å²) in [5.41, 5.74) is 0. The first-order valence-electron chi connectivity index (χ1n) is 2.56. The van der Waals surface area contributed by atoms with Gasteiger partial charge < -0.3 is 10.2 Å². The summed E-state index contributed by atoms with van der Waals surface area (Å²) in [6.45, 7) is 2.20. The first-order valence-corrected chi connectivity index (χ1v) is 2.56. The first-order chi connectivity index (χ1) is 3.27. The Labute approximate surface area is 63.8 Å². The van der Waals surface area contributed by atoms with Gasteiger partial charge in [0, 0.05) is 13.1 Å². The predicted octanol–water partition coefficient (Wildman–Crippen LogP) is -0.881. The molecule has 0 unspecified atom stereocenters. The van der Waals surface area contributed by atoms with Gasteiger partial charge in [-0.05, 0) is 21.1 Å². The fourth-order valence-electron chi connectivity index (χ4n) is 0.335. The van der Waals surface area contributed by atoms with Crippen molar-refractivity contribution >= 4 is 18.9 Å². The van der Waals surface area contributed by atoms with Crippen LogP contribution in [0, 0.1) is 0 Å². The van der Waals surface area contributed by atoms with Crippen molar-refractivity contribution in [3.63, 3.8) is 0 Å². The Kier molecular flexibility index (Phi) is 10.6. The molecule has 0 heterocycles. The van der Waals surface area contributed by atoms with E-state index in [1.807, 2.05) is 7.05 Å². The zero-order chi connectivity index (χ0) is 5.70. The van der Waals surface area contributed by atoms with Crippen molar-refractivity contribution in [2.75, 3.05) is 34.2 Å². The Morgan fingerprint density at radius 2 is 1.88 bits per heavy atom. The van der Waals surface area contributed by atoms with Crippen LogP contribution in [0.5, 0.6) is 0 Å². The van der Waals surface area contributed by atoms with Gasteiger partial charge in [0.2, 0.25) is 0 Å². The topological polar surface area (TPSA) is 15.3 Å². The number of nitrogens with zero attached hydrogens (tertiary/aromatic N) is 1. The maximum atomic E-state index is 3.06. The van der Waals surface area contributed by atoms with Crippen LogP contribution >= 0.6 is 0 Å². The van der Waals surface area contributed by atoms with Gasteiger partial charge in [0.25, 0.3) is 0 Å². The quantitative estimate of drug-likeness (QED) is 0.474. The van der Waals surface area contributed by atoms with Crippen LogP contribution in [0.15, 0.2) is 0 Å². The number of hydrogen-bond donors (Lipinski definition) is 1. The average molecular weight is 110 g/mol.